The Morgan fingerprint density at radius 1 is 0.882 bits per heavy atom. The van der Waals surface area contributed by atoms with Crippen LogP contribution in [0.25, 0.3) is 0 Å². The molecule has 2 aromatic rings. The van der Waals surface area contributed by atoms with E-state index in [1.807, 2.05) is 0 Å². The van der Waals surface area contributed by atoms with E-state index < -0.39 is 0 Å². The molecule has 2 rings (SSSR count). The zero-order valence-electron chi connectivity index (χ0n) is 8.86. The van der Waals surface area contributed by atoms with Crippen molar-refractivity contribution < 1.29 is 9.84 Å². The van der Waals surface area contributed by atoms with Crippen molar-refractivity contribution in [2.45, 2.75) is 6.61 Å². The van der Waals surface area contributed by atoms with Gasteiger partial charge in [-0.3, -0.25) is 0 Å². The second-order valence-corrected chi connectivity index (χ2v) is 4.29. The molecule has 4 heteroatoms. The Kier molecular flexibility index (Phi) is 3.89. The minimum absolute atomic E-state index is 0.0209. The zero-order chi connectivity index (χ0) is 12.3. The first-order chi connectivity index (χ1) is 8.19. The number of halogens is 2. The third-order valence-corrected chi connectivity index (χ3v) is 2.97. The second kappa shape index (κ2) is 5.41. The summed E-state index contributed by atoms with van der Waals surface area (Å²) in [5.41, 5.74) is 0.839. The molecular formula is C13H10Cl2O2. The van der Waals surface area contributed by atoms with Crippen molar-refractivity contribution in [1.29, 1.82) is 0 Å². The average molecular weight is 269 g/mol. The molecule has 0 amide bonds. The van der Waals surface area contributed by atoms with Crippen molar-refractivity contribution in [2.24, 2.45) is 0 Å². The predicted octanol–water partition coefficient (Wildman–Crippen LogP) is 4.28. The first-order valence-corrected chi connectivity index (χ1v) is 5.77. The van der Waals surface area contributed by atoms with Crippen LogP contribution in [-0.4, -0.2) is 5.11 Å². The van der Waals surface area contributed by atoms with Gasteiger partial charge in [-0.25, -0.2) is 0 Å². The van der Waals surface area contributed by atoms with Gasteiger partial charge in [-0.05, 0) is 29.8 Å². The molecule has 0 atom stereocenters. The van der Waals surface area contributed by atoms with E-state index in [9.17, 15) is 0 Å². The molecule has 2 aromatic carbocycles. The summed E-state index contributed by atoms with van der Waals surface area (Å²) < 4.78 is 5.59. The molecule has 0 bridgehead atoms. The van der Waals surface area contributed by atoms with Gasteiger partial charge >= 0.3 is 0 Å². The van der Waals surface area contributed by atoms with Crippen LogP contribution in [-0.2, 0) is 6.61 Å². The summed E-state index contributed by atoms with van der Waals surface area (Å²) in [4.78, 5) is 0. The molecule has 17 heavy (non-hydrogen) atoms. The van der Waals surface area contributed by atoms with E-state index in [1.165, 1.54) is 0 Å². The lowest BCUT2D eigenvalue weighted by atomic mass is 10.2. The fourth-order valence-corrected chi connectivity index (χ4v) is 1.63. The van der Waals surface area contributed by atoms with Crippen molar-refractivity contribution in [2.75, 3.05) is 0 Å². The Balaban J connectivity index is 2.16. The highest BCUT2D eigenvalue weighted by Crippen LogP contribution is 2.29. The Morgan fingerprint density at radius 3 is 2.12 bits per heavy atom. The smallest absolute Gasteiger partial charge is 0.129 e. The van der Waals surface area contributed by atoms with Crippen LogP contribution in [0.2, 0.25) is 10.0 Å². The first kappa shape index (κ1) is 12.2. The van der Waals surface area contributed by atoms with Gasteiger partial charge in [0.25, 0.3) is 0 Å². The highest BCUT2D eigenvalue weighted by Gasteiger charge is 2.01. The molecule has 0 fully saturated rings. The van der Waals surface area contributed by atoms with Crippen LogP contribution in [0.4, 0.5) is 0 Å². The van der Waals surface area contributed by atoms with E-state index in [0.29, 0.717) is 21.5 Å². The quantitative estimate of drug-likeness (QED) is 0.901. The molecule has 0 heterocycles. The van der Waals surface area contributed by atoms with Crippen LogP contribution in [0.3, 0.4) is 0 Å². The molecule has 0 aliphatic rings. The molecule has 2 nitrogen and oxygen atoms in total. The predicted molar refractivity (Wildman–Crippen MR) is 68.9 cm³/mol. The summed E-state index contributed by atoms with van der Waals surface area (Å²) in [7, 11) is 0. The van der Waals surface area contributed by atoms with Crippen LogP contribution in [0, 0.1) is 0 Å². The van der Waals surface area contributed by atoms with E-state index in [0.717, 1.165) is 5.56 Å². The van der Waals surface area contributed by atoms with Crippen LogP contribution in [0.15, 0.2) is 42.5 Å². The van der Waals surface area contributed by atoms with Crippen molar-refractivity contribution in [3.63, 3.8) is 0 Å². The summed E-state index contributed by atoms with van der Waals surface area (Å²) in [6.07, 6.45) is 0. The molecule has 0 spiro atoms. The van der Waals surface area contributed by atoms with Crippen LogP contribution < -0.4 is 4.74 Å². The fourth-order valence-electron chi connectivity index (χ4n) is 1.34. The van der Waals surface area contributed by atoms with Gasteiger partial charge in [-0.2, -0.15) is 0 Å². The van der Waals surface area contributed by atoms with Crippen molar-refractivity contribution in [3.8, 4) is 11.5 Å². The summed E-state index contributed by atoms with van der Waals surface area (Å²) in [6, 6.07) is 12.3. The lowest BCUT2D eigenvalue weighted by molar-refractivity contribution is 0.281. The number of aliphatic hydroxyl groups excluding tert-OH is 1. The number of benzene rings is 2. The van der Waals surface area contributed by atoms with E-state index in [-0.39, 0.29) is 6.61 Å². The van der Waals surface area contributed by atoms with Crippen LogP contribution in [0.1, 0.15) is 5.56 Å². The van der Waals surface area contributed by atoms with Gasteiger partial charge in [0.15, 0.2) is 0 Å². The fraction of sp³-hybridized carbons (Fsp3) is 0.0769. The first-order valence-electron chi connectivity index (χ1n) is 5.02. The van der Waals surface area contributed by atoms with Gasteiger partial charge in [0.1, 0.15) is 11.5 Å². The average Bonchev–Trinajstić information content (AvgIpc) is 2.35. The normalized spacial score (nSPS) is 10.3. The maximum atomic E-state index is 8.91. The minimum atomic E-state index is 0.0209. The number of ether oxygens (including phenoxy) is 1. The van der Waals surface area contributed by atoms with Crippen LogP contribution >= 0.6 is 23.2 Å². The highest BCUT2D eigenvalue weighted by atomic mass is 35.5. The van der Waals surface area contributed by atoms with Crippen molar-refractivity contribution in [1.82, 2.24) is 0 Å². The Labute approximate surface area is 109 Å². The number of hydrogen-bond acceptors (Lipinski definition) is 2. The standard InChI is InChI=1S/C13H10Cl2O2/c14-12-6-5-11(7-13(12)15)17-10-3-1-9(8-16)2-4-10/h1-7,16H,8H2. The molecule has 0 saturated carbocycles. The minimum Gasteiger partial charge on any atom is -0.457 e. The van der Waals surface area contributed by atoms with Gasteiger partial charge in [0, 0.05) is 6.07 Å². The zero-order valence-corrected chi connectivity index (χ0v) is 10.4. The van der Waals surface area contributed by atoms with Gasteiger partial charge in [-0.1, -0.05) is 35.3 Å². The SMILES string of the molecule is OCc1ccc(Oc2ccc(Cl)c(Cl)c2)cc1. The number of hydrogen-bond donors (Lipinski definition) is 1. The number of rotatable bonds is 3. The maximum Gasteiger partial charge on any atom is 0.129 e. The lowest BCUT2D eigenvalue weighted by Crippen LogP contribution is -1.86. The van der Waals surface area contributed by atoms with Gasteiger partial charge in [0.2, 0.25) is 0 Å². The molecule has 0 unspecified atom stereocenters. The summed E-state index contributed by atoms with van der Waals surface area (Å²) in [6.45, 7) is 0.0209. The van der Waals surface area contributed by atoms with Gasteiger partial charge < -0.3 is 9.84 Å². The van der Waals surface area contributed by atoms with Gasteiger partial charge in [-0.15, -0.1) is 0 Å². The molecule has 0 aromatic heterocycles. The Morgan fingerprint density at radius 2 is 1.53 bits per heavy atom. The van der Waals surface area contributed by atoms with Gasteiger partial charge in [0.05, 0.1) is 16.7 Å². The second-order valence-electron chi connectivity index (χ2n) is 3.48. The molecular weight excluding hydrogens is 259 g/mol. The Hall–Kier alpha value is -1.22. The molecule has 88 valence electrons. The third kappa shape index (κ3) is 3.13. The van der Waals surface area contributed by atoms with Crippen molar-refractivity contribution in [3.05, 3.63) is 58.1 Å². The largest absolute Gasteiger partial charge is 0.457 e. The lowest BCUT2D eigenvalue weighted by Gasteiger charge is -2.07. The van der Waals surface area contributed by atoms with E-state index >= 15 is 0 Å². The third-order valence-electron chi connectivity index (χ3n) is 2.23. The molecule has 1 N–H and O–H groups in total. The number of aliphatic hydroxyl groups is 1. The van der Waals surface area contributed by atoms with Crippen LogP contribution in [0.5, 0.6) is 11.5 Å². The monoisotopic (exact) mass is 268 g/mol. The molecule has 0 aliphatic heterocycles. The summed E-state index contributed by atoms with van der Waals surface area (Å²) in [5.74, 6) is 1.30. The molecule has 0 radical (unpaired) electrons. The topological polar surface area (TPSA) is 29.5 Å². The van der Waals surface area contributed by atoms with E-state index in [1.54, 1.807) is 42.5 Å². The molecule has 0 aliphatic carbocycles. The summed E-state index contributed by atoms with van der Waals surface area (Å²) >= 11 is 11.7. The Bertz CT molecular complexity index is 509. The van der Waals surface area contributed by atoms with Crippen molar-refractivity contribution >= 4 is 23.2 Å². The molecule has 0 saturated heterocycles. The highest BCUT2D eigenvalue weighted by molar-refractivity contribution is 6.42. The van der Waals surface area contributed by atoms with E-state index in [2.05, 4.69) is 0 Å². The maximum absolute atomic E-state index is 8.91. The van der Waals surface area contributed by atoms with E-state index in [4.69, 9.17) is 33.0 Å². The summed E-state index contributed by atoms with van der Waals surface area (Å²) in [5, 5.41) is 9.86.